The number of rotatable bonds is 8. The van der Waals surface area contributed by atoms with Gasteiger partial charge in [-0.2, -0.15) is 0 Å². The number of aryl methyl sites for hydroxylation is 1. The van der Waals surface area contributed by atoms with E-state index in [-0.39, 0.29) is 5.91 Å². The van der Waals surface area contributed by atoms with Crippen molar-refractivity contribution in [3.05, 3.63) is 71.9 Å². The highest BCUT2D eigenvalue weighted by Gasteiger charge is 2.25. The fraction of sp³-hybridized carbons (Fsp3) is 0.400. The summed E-state index contributed by atoms with van der Waals surface area (Å²) in [4.78, 5) is 20.6. The average molecular weight is 405 g/mol. The molecular weight excluding hydrogens is 372 g/mol. The summed E-state index contributed by atoms with van der Waals surface area (Å²) in [7, 11) is 2.20. The molecule has 4 rings (SSSR count). The molecule has 1 fully saturated rings. The molecule has 1 amide bonds. The molecule has 1 aliphatic rings. The van der Waals surface area contributed by atoms with Crippen molar-refractivity contribution in [2.24, 2.45) is 0 Å². The second-order valence-electron chi connectivity index (χ2n) is 8.29. The van der Waals surface area contributed by atoms with Gasteiger partial charge in [0.25, 0.3) is 0 Å². The van der Waals surface area contributed by atoms with Crippen molar-refractivity contribution in [1.29, 1.82) is 0 Å². The first-order chi connectivity index (χ1) is 14.7. The van der Waals surface area contributed by atoms with Crippen LogP contribution in [0.15, 0.2) is 60.8 Å². The lowest BCUT2D eigenvalue weighted by Crippen LogP contribution is -2.47. The third-order valence-corrected chi connectivity index (χ3v) is 6.12. The molecule has 1 unspecified atom stereocenters. The Morgan fingerprint density at radius 3 is 2.77 bits per heavy atom. The van der Waals surface area contributed by atoms with E-state index in [9.17, 15) is 4.79 Å². The van der Waals surface area contributed by atoms with Crippen LogP contribution in [0.5, 0.6) is 0 Å². The van der Waals surface area contributed by atoms with Crippen LogP contribution in [0, 0.1) is 0 Å². The Kier molecular flexibility index (Phi) is 6.82. The smallest absolute Gasteiger partial charge is 0.220 e. The number of aromatic amines is 1. The molecule has 2 heterocycles. The lowest BCUT2D eigenvalue weighted by Gasteiger charge is -2.40. The molecule has 0 radical (unpaired) electrons. The van der Waals surface area contributed by atoms with Crippen molar-refractivity contribution >= 4 is 16.8 Å². The highest BCUT2D eigenvalue weighted by Crippen LogP contribution is 2.24. The van der Waals surface area contributed by atoms with Crippen LogP contribution in [0.2, 0.25) is 0 Å². The molecule has 1 atom stereocenters. The van der Waals surface area contributed by atoms with Crippen LogP contribution < -0.4 is 5.32 Å². The first-order valence-corrected chi connectivity index (χ1v) is 11.0. The van der Waals surface area contributed by atoms with E-state index in [1.54, 1.807) is 0 Å². The number of carbonyl (C=O) groups is 1. The summed E-state index contributed by atoms with van der Waals surface area (Å²) in [6.45, 7) is 4.97. The number of H-pyrrole nitrogens is 1. The minimum absolute atomic E-state index is 0.137. The van der Waals surface area contributed by atoms with Crippen molar-refractivity contribution in [3.8, 4) is 0 Å². The Morgan fingerprint density at radius 1 is 1.10 bits per heavy atom. The van der Waals surface area contributed by atoms with Gasteiger partial charge in [-0.15, -0.1) is 0 Å². The summed E-state index contributed by atoms with van der Waals surface area (Å²) in [5.41, 5.74) is 3.73. The quantitative estimate of drug-likeness (QED) is 0.564. The van der Waals surface area contributed by atoms with E-state index < -0.39 is 0 Å². The van der Waals surface area contributed by atoms with Crippen LogP contribution in [0.3, 0.4) is 0 Å². The summed E-state index contributed by atoms with van der Waals surface area (Å²) < 4.78 is 0. The number of benzene rings is 2. The highest BCUT2D eigenvalue weighted by molar-refractivity contribution is 5.84. The van der Waals surface area contributed by atoms with Crippen molar-refractivity contribution in [1.82, 2.24) is 20.1 Å². The van der Waals surface area contributed by atoms with Gasteiger partial charge in [0.05, 0.1) is 0 Å². The predicted octanol–water partition coefficient (Wildman–Crippen LogP) is 3.60. The average Bonchev–Trinajstić information content (AvgIpc) is 3.20. The molecule has 0 saturated carbocycles. The summed E-state index contributed by atoms with van der Waals surface area (Å²) in [6, 6.07) is 19.4. The molecule has 158 valence electrons. The van der Waals surface area contributed by atoms with E-state index in [0.717, 1.165) is 51.1 Å². The van der Waals surface area contributed by atoms with Gasteiger partial charge >= 0.3 is 0 Å². The maximum absolute atomic E-state index is 12.3. The zero-order valence-corrected chi connectivity index (χ0v) is 17.8. The maximum Gasteiger partial charge on any atom is 0.220 e. The molecule has 1 saturated heterocycles. The fourth-order valence-electron chi connectivity index (χ4n) is 4.40. The minimum Gasteiger partial charge on any atom is -0.361 e. The number of likely N-dealkylation sites (N-methyl/N-ethyl adjacent to an activating group) is 1. The predicted molar refractivity (Wildman–Crippen MR) is 122 cm³/mol. The molecular formula is C25H32N4O. The summed E-state index contributed by atoms with van der Waals surface area (Å²) in [5.74, 6) is 0.137. The van der Waals surface area contributed by atoms with Crippen LogP contribution in [0.4, 0.5) is 0 Å². The Bertz CT molecular complexity index is 952. The number of carbonyl (C=O) groups excluding carboxylic acids is 1. The maximum atomic E-state index is 12.3. The topological polar surface area (TPSA) is 51.4 Å². The standard InChI is InChI=1S/C25H32N4O/c1-28-16-17-29(24(19-28)20-8-3-2-4-9-20)15-7-14-26-25(30)13-12-21-18-27-23-11-6-5-10-22(21)23/h2-6,8-11,18,24,27H,7,12-17,19H2,1H3,(H,26,30). The number of aromatic nitrogens is 1. The Hall–Kier alpha value is -2.63. The highest BCUT2D eigenvalue weighted by atomic mass is 16.1. The molecule has 0 bridgehead atoms. The van der Waals surface area contributed by atoms with Crippen molar-refractivity contribution < 1.29 is 4.79 Å². The SMILES string of the molecule is CN1CCN(CCCNC(=O)CCc2c[nH]c3ccccc23)C(c2ccccc2)C1. The molecule has 5 heteroatoms. The molecule has 3 aromatic rings. The zero-order chi connectivity index (χ0) is 20.8. The van der Waals surface area contributed by atoms with E-state index in [2.05, 4.69) is 69.6 Å². The van der Waals surface area contributed by atoms with E-state index in [0.29, 0.717) is 12.5 Å². The van der Waals surface area contributed by atoms with Crippen molar-refractivity contribution in [3.63, 3.8) is 0 Å². The second-order valence-corrected chi connectivity index (χ2v) is 8.29. The number of piperazine rings is 1. The number of para-hydroxylation sites is 1. The Morgan fingerprint density at radius 2 is 1.90 bits per heavy atom. The second kappa shape index (κ2) is 9.92. The summed E-state index contributed by atoms with van der Waals surface area (Å²) >= 11 is 0. The van der Waals surface area contributed by atoms with Gasteiger partial charge in [0.2, 0.25) is 5.91 Å². The van der Waals surface area contributed by atoms with Crippen LogP contribution in [-0.2, 0) is 11.2 Å². The van der Waals surface area contributed by atoms with Gasteiger partial charge in [0.15, 0.2) is 0 Å². The summed E-state index contributed by atoms with van der Waals surface area (Å²) in [5, 5.41) is 4.33. The van der Waals surface area contributed by atoms with Crippen molar-refractivity contribution in [2.45, 2.75) is 25.3 Å². The van der Waals surface area contributed by atoms with E-state index >= 15 is 0 Å². The van der Waals surface area contributed by atoms with E-state index in [4.69, 9.17) is 0 Å². The lowest BCUT2D eigenvalue weighted by molar-refractivity contribution is -0.121. The monoisotopic (exact) mass is 404 g/mol. The number of nitrogens with zero attached hydrogens (tertiary/aromatic N) is 2. The van der Waals surface area contributed by atoms with Gasteiger partial charge in [0, 0.05) is 62.3 Å². The van der Waals surface area contributed by atoms with Crippen LogP contribution >= 0.6 is 0 Å². The van der Waals surface area contributed by atoms with Gasteiger partial charge in [-0.3, -0.25) is 9.69 Å². The van der Waals surface area contributed by atoms with Gasteiger partial charge < -0.3 is 15.2 Å². The van der Waals surface area contributed by atoms with Gasteiger partial charge in [-0.25, -0.2) is 0 Å². The molecule has 0 spiro atoms. The van der Waals surface area contributed by atoms with Crippen LogP contribution in [0.1, 0.15) is 30.0 Å². The zero-order valence-electron chi connectivity index (χ0n) is 17.8. The third kappa shape index (κ3) is 5.10. The van der Waals surface area contributed by atoms with Gasteiger partial charge in [-0.05, 0) is 37.1 Å². The number of amides is 1. The molecule has 30 heavy (non-hydrogen) atoms. The normalized spacial score (nSPS) is 18.0. The molecule has 1 aliphatic heterocycles. The molecule has 2 aromatic carbocycles. The largest absolute Gasteiger partial charge is 0.361 e. The summed E-state index contributed by atoms with van der Waals surface area (Å²) in [6.07, 6.45) is 4.30. The fourth-order valence-corrected chi connectivity index (χ4v) is 4.40. The van der Waals surface area contributed by atoms with Gasteiger partial charge in [0.1, 0.15) is 0 Å². The number of nitrogens with one attached hydrogen (secondary N) is 2. The molecule has 5 nitrogen and oxygen atoms in total. The van der Waals surface area contributed by atoms with Crippen LogP contribution in [0.25, 0.3) is 10.9 Å². The Labute approximate surface area is 179 Å². The minimum atomic E-state index is 0.137. The molecule has 0 aliphatic carbocycles. The molecule has 1 aromatic heterocycles. The van der Waals surface area contributed by atoms with E-state index in [1.807, 2.05) is 18.3 Å². The van der Waals surface area contributed by atoms with E-state index in [1.165, 1.54) is 16.5 Å². The number of fused-ring (bicyclic) bond motifs is 1. The first kappa shape index (κ1) is 20.6. The van der Waals surface area contributed by atoms with Gasteiger partial charge in [-0.1, -0.05) is 48.5 Å². The lowest BCUT2D eigenvalue weighted by atomic mass is 10.0. The molecule has 2 N–H and O–H groups in total. The number of hydrogen-bond donors (Lipinski definition) is 2. The van der Waals surface area contributed by atoms with Crippen molar-refractivity contribution in [2.75, 3.05) is 39.8 Å². The number of hydrogen-bond acceptors (Lipinski definition) is 3. The third-order valence-electron chi connectivity index (χ3n) is 6.12. The Balaban J connectivity index is 1.21. The first-order valence-electron chi connectivity index (χ1n) is 11.0. The van der Waals surface area contributed by atoms with Crippen LogP contribution in [-0.4, -0.2) is 60.5 Å².